The van der Waals surface area contributed by atoms with Crippen LogP contribution in [0.15, 0.2) is 36.4 Å². The van der Waals surface area contributed by atoms with Gasteiger partial charge in [-0.05, 0) is 24.4 Å². The van der Waals surface area contributed by atoms with E-state index in [4.69, 9.17) is 21.7 Å². The lowest BCUT2D eigenvalue weighted by atomic mass is 10.2. The molecule has 0 amide bonds. The summed E-state index contributed by atoms with van der Waals surface area (Å²) in [5, 5.41) is 5.78. The van der Waals surface area contributed by atoms with E-state index in [2.05, 4.69) is 10.6 Å². The van der Waals surface area contributed by atoms with Gasteiger partial charge in [0, 0.05) is 35.6 Å². The monoisotopic (exact) mass is 324 g/mol. The lowest BCUT2D eigenvalue weighted by Gasteiger charge is -2.13. The predicted molar refractivity (Wildman–Crippen MR) is 85.7 cm³/mol. The van der Waals surface area contributed by atoms with E-state index in [1.165, 1.54) is 14.2 Å². The van der Waals surface area contributed by atoms with Gasteiger partial charge < -0.3 is 20.1 Å². The van der Waals surface area contributed by atoms with Crippen molar-refractivity contribution in [2.75, 3.05) is 24.9 Å². The van der Waals surface area contributed by atoms with Crippen molar-refractivity contribution < 1.29 is 18.3 Å². The summed E-state index contributed by atoms with van der Waals surface area (Å²) in [5.41, 5.74) is 0.829. The molecule has 0 radical (unpaired) electrons. The maximum Gasteiger partial charge on any atom is 0.175 e. The number of nitrogens with one attached hydrogen (secondary N) is 2. The van der Waals surface area contributed by atoms with Crippen LogP contribution in [0.3, 0.4) is 0 Å². The van der Waals surface area contributed by atoms with Crippen molar-refractivity contribution in [3.63, 3.8) is 0 Å². The van der Waals surface area contributed by atoms with Gasteiger partial charge in [0.2, 0.25) is 0 Å². The van der Waals surface area contributed by atoms with Gasteiger partial charge in [-0.3, -0.25) is 0 Å². The Balaban J connectivity index is 2.11. The molecule has 2 N–H and O–H groups in total. The Morgan fingerprint density at radius 2 is 1.27 bits per heavy atom. The second kappa shape index (κ2) is 7.04. The Kier molecular flexibility index (Phi) is 5.11. The second-order valence-corrected chi connectivity index (χ2v) is 4.75. The molecule has 0 unspecified atom stereocenters. The maximum atomic E-state index is 13.1. The van der Waals surface area contributed by atoms with Crippen molar-refractivity contribution in [2.24, 2.45) is 0 Å². The molecule has 4 nitrogen and oxygen atoms in total. The third-order valence-electron chi connectivity index (χ3n) is 2.73. The van der Waals surface area contributed by atoms with Gasteiger partial charge in [0.25, 0.3) is 0 Å². The second-order valence-electron chi connectivity index (χ2n) is 4.34. The molecule has 0 aliphatic carbocycles. The van der Waals surface area contributed by atoms with Crippen LogP contribution in [0.1, 0.15) is 0 Å². The third-order valence-corrected chi connectivity index (χ3v) is 2.93. The molecule has 116 valence electrons. The number of rotatable bonds is 4. The third kappa shape index (κ3) is 4.29. The smallest absolute Gasteiger partial charge is 0.175 e. The topological polar surface area (TPSA) is 42.5 Å². The fourth-order valence-corrected chi connectivity index (χ4v) is 2.03. The van der Waals surface area contributed by atoms with Crippen LogP contribution in [0.2, 0.25) is 0 Å². The number of hydrogen-bond acceptors (Lipinski definition) is 3. The molecule has 0 bridgehead atoms. The molecule has 0 spiro atoms. The van der Waals surface area contributed by atoms with E-state index in [1.807, 2.05) is 0 Å². The summed E-state index contributed by atoms with van der Waals surface area (Å²) in [6.45, 7) is 0. The zero-order valence-corrected chi connectivity index (χ0v) is 12.8. The first-order valence-corrected chi connectivity index (χ1v) is 6.68. The van der Waals surface area contributed by atoms with E-state index in [9.17, 15) is 8.78 Å². The van der Waals surface area contributed by atoms with Crippen molar-refractivity contribution in [3.05, 3.63) is 48.0 Å². The van der Waals surface area contributed by atoms with Gasteiger partial charge in [-0.25, -0.2) is 8.78 Å². The molecule has 0 heterocycles. The zero-order valence-electron chi connectivity index (χ0n) is 11.9. The molecular weight excluding hydrogens is 310 g/mol. The highest BCUT2D eigenvalue weighted by Crippen LogP contribution is 2.26. The summed E-state index contributed by atoms with van der Waals surface area (Å²) in [6, 6.07) is 8.20. The first-order valence-electron chi connectivity index (χ1n) is 6.27. The van der Waals surface area contributed by atoms with E-state index in [0.29, 0.717) is 17.2 Å². The molecule has 0 aliphatic rings. The van der Waals surface area contributed by atoms with Crippen molar-refractivity contribution >= 4 is 28.7 Å². The molecule has 7 heteroatoms. The van der Waals surface area contributed by atoms with E-state index in [0.717, 1.165) is 18.2 Å². The summed E-state index contributed by atoms with van der Waals surface area (Å²) in [4.78, 5) is 0. The fraction of sp³-hybridized carbons (Fsp3) is 0.133. The highest BCUT2D eigenvalue weighted by molar-refractivity contribution is 7.80. The maximum absolute atomic E-state index is 13.1. The van der Waals surface area contributed by atoms with Crippen LogP contribution < -0.4 is 20.1 Å². The Morgan fingerprint density at radius 3 is 1.73 bits per heavy atom. The molecule has 22 heavy (non-hydrogen) atoms. The van der Waals surface area contributed by atoms with Crippen LogP contribution in [-0.4, -0.2) is 19.3 Å². The molecule has 2 aromatic rings. The molecular formula is C15H14F2N2O2S. The standard InChI is InChI=1S/C15H14F2N2O2S/c1-20-13-6-12(7-14(8-13)21-2)19-15(22)18-11-4-9(16)3-10(17)5-11/h3-8H,1-2H3,(H2,18,19,22). The minimum atomic E-state index is -0.687. The average Bonchev–Trinajstić information content (AvgIpc) is 2.45. The van der Waals surface area contributed by atoms with E-state index in [1.54, 1.807) is 18.2 Å². The Labute approximate surface area is 132 Å². The van der Waals surface area contributed by atoms with Crippen molar-refractivity contribution in [3.8, 4) is 11.5 Å². The Hall–Kier alpha value is -2.41. The van der Waals surface area contributed by atoms with Crippen molar-refractivity contribution in [2.45, 2.75) is 0 Å². The van der Waals surface area contributed by atoms with Gasteiger partial charge in [0.1, 0.15) is 23.1 Å². The molecule has 0 fully saturated rings. The van der Waals surface area contributed by atoms with E-state index >= 15 is 0 Å². The summed E-state index contributed by atoms with van der Waals surface area (Å²) in [6.07, 6.45) is 0. The van der Waals surface area contributed by atoms with Gasteiger partial charge in [0.15, 0.2) is 5.11 Å². The van der Waals surface area contributed by atoms with Crippen LogP contribution in [-0.2, 0) is 0 Å². The van der Waals surface area contributed by atoms with E-state index in [-0.39, 0.29) is 10.8 Å². The summed E-state index contributed by atoms with van der Waals surface area (Å²) < 4.78 is 36.5. The Morgan fingerprint density at radius 1 is 0.818 bits per heavy atom. The summed E-state index contributed by atoms with van der Waals surface area (Å²) in [5.74, 6) is -0.204. The molecule has 0 aromatic heterocycles. The highest BCUT2D eigenvalue weighted by Gasteiger charge is 2.06. The average molecular weight is 324 g/mol. The van der Waals surface area contributed by atoms with Gasteiger partial charge in [0.05, 0.1) is 14.2 Å². The quantitative estimate of drug-likeness (QED) is 0.838. The van der Waals surface area contributed by atoms with Crippen LogP contribution >= 0.6 is 12.2 Å². The molecule has 0 saturated carbocycles. The van der Waals surface area contributed by atoms with Gasteiger partial charge in [-0.15, -0.1) is 0 Å². The minimum absolute atomic E-state index is 0.181. The van der Waals surface area contributed by atoms with E-state index < -0.39 is 11.6 Å². The first kappa shape index (κ1) is 16.0. The van der Waals surface area contributed by atoms with Crippen LogP contribution in [0, 0.1) is 11.6 Å². The van der Waals surface area contributed by atoms with Gasteiger partial charge >= 0.3 is 0 Å². The fourth-order valence-electron chi connectivity index (χ4n) is 1.80. The van der Waals surface area contributed by atoms with Crippen molar-refractivity contribution in [1.29, 1.82) is 0 Å². The van der Waals surface area contributed by atoms with Gasteiger partial charge in [-0.2, -0.15) is 0 Å². The number of benzene rings is 2. The zero-order chi connectivity index (χ0) is 16.1. The number of ether oxygens (including phenoxy) is 2. The van der Waals surface area contributed by atoms with Crippen LogP contribution in [0.25, 0.3) is 0 Å². The number of methoxy groups -OCH3 is 2. The number of anilines is 2. The number of thiocarbonyl (C=S) groups is 1. The van der Waals surface area contributed by atoms with Crippen LogP contribution in [0.5, 0.6) is 11.5 Å². The minimum Gasteiger partial charge on any atom is -0.497 e. The van der Waals surface area contributed by atoms with Crippen LogP contribution in [0.4, 0.5) is 20.2 Å². The number of hydrogen-bond donors (Lipinski definition) is 2. The molecule has 2 rings (SSSR count). The van der Waals surface area contributed by atoms with Gasteiger partial charge in [-0.1, -0.05) is 0 Å². The highest BCUT2D eigenvalue weighted by atomic mass is 32.1. The largest absolute Gasteiger partial charge is 0.497 e. The predicted octanol–water partition coefficient (Wildman–Crippen LogP) is 3.79. The number of halogens is 2. The lowest BCUT2D eigenvalue weighted by molar-refractivity contribution is 0.395. The molecule has 0 aliphatic heterocycles. The molecule has 2 aromatic carbocycles. The molecule has 0 atom stereocenters. The molecule has 0 saturated heterocycles. The Bertz CT molecular complexity index is 653. The van der Waals surface area contributed by atoms with Crippen molar-refractivity contribution in [1.82, 2.24) is 0 Å². The first-order chi connectivity index (χ1) is 10.5. The normalized spacial score (nSPS) is 10.0. The SMILES string of the molecule is COc1cc(NC(=S)Nc2cc(F)cc(F)c2)cc(OC)c1. The lowest BCUT2D eigenvalue weighted by Crippen LogP contribution is -2.19. The summed E-state index contributed by atoms with van der Waals surface area (Å²) in [7, 11) is 3.06. The summed E-state index contributed by atoms with van der Waals surface area (Å²) >= 11 is 5.11.